The predicted molar refractivity (Wildman–Crippen MR) is 68.2 cm³/mol. The van der Waals surface area contributed by atoms with Gasteiger partial charge in [-0.1, -0.05) is 44.1 Å². The molecule has 0 bridgehead atoms. The molecule has 0 N–H and O–H groups in total. The van der Waals surface area contributed by atoms with Gasteiger partial charge in [0.05, 0.1) is 0 Å². The SMILES string of the molecule is CCCC/C=C\CCC1C=CC=NC=C1. The lowest BCUT2D eigenvalue weighted by molar-refractivity contribution is 0.718. The van der Waals surface area contributed by atoms with Crippen LogP contribution in [-0.2, 0) is 0 Å². The molecule has 1 atom stereocenters. The lowest BCUT2D eigenvalue weighted by Gasteiger charge is -2.03. The van der Waals surface area contributed by atoms with Crippen molar-refractivity contribution in [2.45, 2.75) is 39.0 Å². The third kappa shape index (κ3) is 6.05. The summed E-state index contributed by atoms with van der Waals surface area (Å²) in [5.74, 6) is 0.559. The van der Waals surface area contributed by atoms with Crippen molar-refractivity contribution in [1.29, 1.82) is 0 Å². The van der Waals surface area contributed by atoms with Crippen LogP contribution in [0.5, 0.6) is 0 Å². The van der Waals surface area contributed by atoms with Crippen molar-refractivity contribution in [3.8, 4) is 0 Å². The zero-order chi connectivity index (χ0) is 10.8. The molecule has 0 aliphatic carbocycles. The molecule has 15 heavy (non-hydrogen) atoms. The van der Waals surface area contributed by atoms with E-state index in [1.807, 2.05) is 18.5 Å². The number of allylic oxidation sites excluding steroid dienone is 5. The zero-order valence-corrected chi connectivity index (χ0v) is 9.60. The van der Waals surface area contributed by atoms with E-state index >= 15 is 0 Å². The van der Waals surface area contributed by atoms with Crippen molar-refractivity contribution >= 4 is 6.21 Å². The van der Waals surface area contributed by atoms with Crippen LogP contribution in [0.2, 0.25) is 0 Å². The van der Waals surface area contributed by atoms with Crippen LogP contribution < -0.4 is 0 Å². The van der Waals surface area contributed by atoms with Crippen molar-refractivity contribution in [3.05, 3.63) is 36.6 Å². The van der Waals surface area contributed by atoms with E-state index in [9.17, 15) is 0 Å². The molecule has 1 heteroatoms. The Kier molecular flexibility index (Phi) is 6.55. The highest BCUT2D eigenvalue weighted by Gasteiger charge is 1.98. The van der Waals surface area contributed by atoms with Crippen LogP contribution in [0, 0.1) is 5.92 Å². The second kappa shape index (κ2) is 8.22. The van der Waals surface area contributed by atoms with Crippen molar-refractivity contribution in [3.63, 3.8) is 0 Å². The van der Waals surface area contributed by atoms with E-state index in [4.69, 9.17) is 0 Å². The van der Waals surface area contributed by atoms with E-state index in [0.717, 1.165) is 0 Å². The van der Waals surface area contributed by atoms with Crippen LogP contribution in [0.3, 0.4) is 0 Å². The van der Waals surface area contributed by atoms with E-state index in [1.54, 1.807) is 0 Å². The van der Waals surface area contributed by atoms with E-state index in [2.05, 4.69) is 36.2 Å². The fourth-order valence-electron chi connectivity index (χ4n) is 1.55. The van der Waals surface area contributed by atoms with Gasteiger partial charge in [0.15, 0.2) is 0 Å². The molecule has 1 rings (SSSR count). The monoisotopic (exact) mass is 203 g/mol. The Morgan fingerprint density at radius 3 is 2.93 bits per heavy atom. The van der Waals surface area contributed by atoms with Crippen molar-refractivity contribution in [2.24, 2.45) is 10.9 Å². The number of nitrogens with zero attached hydrogens (tertiary/aromatic N) is 1. The molecular weight excluding hydrogens is 182 g/mol. The minimum atomic E-state index is 0.559. The van der Waals surface area contributed by atoms with Gasteiger partial charge in [0.25, 0.3) is 0 Å². The standard InChI is InChI=1S/C14H21N/c1-2-3-4-5-6-7-9-14-10-8-12-15-13-11-14/h5-6,8,10-14H,2-4,7,9H2,1H3/b6-5-. The summed E-state index contributed by atoms with van der Waals surface area (Å²) in [5.41, 5.74) is 0. The number of hydrogen-bond donors (Lipinski definition) is 0. The van der Waals surface area contributed by atoms with Gasteiger partial charge >= 0.3 is 0 Å². The fourth-order valence-corrected chi connectivity index (χ4v) is 1.55. The summed E-state index contributed by atoms with van der Waals surface area (Å²) < 4.78 is 0. The molecule has 82 valence electrons. The molecular formula is C14H21N. The topological polar surface area (TPSA) is 12.4 Å². The second-order valence-electron chi connectivity index (χ2n) is 3.88. The minimum Gasteiger partial charge on any atom is -0.265 e. The Morgan fingerprint density at radius 1 is 1.20 bits per heavy atom. The third-order valence-electron chi connectivity index (χ3n) is 2.51. The number of unbranched alkanes of at least 4 members (excludes halogenated alkanes) is 2. The largest absolute Gasteiger partial charge is 0.265 e. The maximum atomic E-state index is 4.08. The maximum absolute atomic E-state index is 4.08. The summed E-state index contributed by atoms with van der Waals surface area (Å²) in [4.78, 5) is 4.08. The first-order valence-electron chi connectivity index (χ1n) is 5.95. The Bertz CT molecular complexity index is 243. The summed E-state index contributed by atoms with van der Waals surface area (Å²) in [7, 11) is 0. The maximum Gasteiger partial charge on any atom is 0.0264 e. The van der Waals surface area contributed by atoms with Gasteiger partial charge < -0.3 is 0 Å². The Balaban J connectivity index is 2.12. The molecule has 0 spiro atoms. The average molecular weight is 203 g/mol. The predicted octanol–water partition coefficient (Wildman–Crippen LogP) is 4.28. The highest BCUT2D eigenvalue weighted by atomic mass is 14.7. The van der Waals surface area contributed by atoms with Crippen molar-refractivity contribution < 1.29 is 0 Å². The van der Waals surface area contributed by atoms with E-state index < -0.39 is 0 Å². The number of hydrogen-bond acceptors (Lipinski definition) is 1. The Morgan fingerprint density at radius 2 is 2.07 bits per heavy atom. The van der Waals surface area contributed by atoms with Crippen LogP contribution in [-0.4, -0.2) is 6.21 Å². The van der Waals surface area contributed by atoms with Crippen LogP contribution in [0.25, 0.3) is 0 Å². The van der Waals surface area contributed by atoms with Crippen LogP contribution in [0.15, 0.2) is 41.6 Å². The van der Waals surface area contributed by atoms with Gasteiger partial charge in [-0.05, 0) is 31.3 Å². The minimum absolute atomic E-state index is 0.559. The molecule has 1 aliphatic heterocycles. The normalized spacial score (nSPS) is 19.9. The zero-order valence-electron chi connectivity index (χ0n) is 9.60. The Hall–Kier alpha value is -1.11. The Labute approximate surface area is 93.3 Å². The number of rotatable bonds is 6. The smallest absolute Gasteiger partial charge is 0.0264 e. The quantitative estimate of drug-likeness (QED) is 0.451. The fraction of sp³-hybridized carbons (Fsp3) is 0.500. The second-order valence-corrected chi connectivity index (χ2v) is 3.88. The highest BCUT2D eigenvalue weighted by Crippen LogP contribution is 2.12. The summed E-state index contributed by atoms with van der Waals surface area (Å²) in [6.07, 6.45) is 21.0. The van der Waals surface area contributed by atoms with Crippen LogP contribution in [0.1, 0.15) is 39.0 Å². The molecule has 1 heterocycles. The summed E-state index contributed by atoms with van der Waals surface area (Å²) >= 11 is 0. The molecule has 0 saturated heterocycles. The summed E-state index contributed by atoms with van der Waals surface area (Å²) in [5, 5.41) is 0. The molecule has 0 amide bonds. The van der Waals surface area contributed by atoms with E-state index in [0.29, 0.717) is 5.92 Å². The van der Waals surface area contributed by atoms with Crippen LogP contribution >= 0.6 is 0 Å². The van der Waals surface area contributed by atoms with Gasteiger partial charge in [0.1, 0.15) is 0 Å². The van der Waals surface area contributed by atoms with Gasteiger partial charge in [-0.15, -0.1) is 0 Å². The average Bonchev–Trinajstić information content (AvgIpc) is 2.52. The molecule has 0 aromatic carbocycles. The van der Waals surface area contributed by atoms with Gasteiger partial charge in [-0.2, -0.15) is 0 Å². The van der Waals surface area contributed by atoms with Crippen LogP contribution in [0.4, 0.5) is 0 Å². The number of aliphatic imine (C=N–C) groups is 1. The van der Waals surface area contributed by atoms with Gasteiger partial charge in [-0.3, -0.25) is 4.99 Å². The van der Waals surface area contributed by atoms with Crippen molar-refractivity contribution in [2.75, 3.05) is 0 Å². The summed E-state index contributed by atoms with van der Waals surface area (Å²) in [6, 6.07) is 0. The lowest BCUT2D eigenvalue weighted by Crippen LogP contribution is -1.89. The molecule has 0 radical (unpaired) electrons. The van der Waals surface area contributed by atoms with E-state index in [1.165, 1.54) is 32.1 Å². The molecule has 0 saturated carbocycles. The van der Waals surface area contributed by atoms with Gasteiger partial charge in [0, 0.05) is 12.4 Å². The molecule has 0 aromatic heterocycles. The third-order valence-corrected chi connectivity index (χ3v) is 2.51. The van der Waals surface area contributed by atoms with Crippen molar-refractivity contribution in [1.82, 2.24) is 0 Å². The van der Waals surface area contributed by atoms with E-state index in [-0.39, 0.29) is 0 Å². The molecule has 1 nitrogen and oxygen atoms in total. The first kappa shape index (κ1) is 12.0. The summed E-state index contributed by atoms with van der Waals surface area (Å²) in [6.45, 7) is 2.23. The lowest BCUT2D eigenvalue weighted by atomic mass is 10.0. The molecule has 0 fully saturated rings. The first-order chi connectivity index (χ1) is 7.43. The highest BCUT2D eigenvalue weighted by molar-refractivity contribution is 5.72. The first-order valence-corrected chi connectivity index (χ1v) is 5.95. The molecule has 1 unspecified atom stereocenters. The van der Waals surface area contributed by atoms with Gasteiger partial charge in [-0.25, -0.2) is 0 Å². The molecule has 0 aromatic rings. The molecule has 1 aliphatic rings. The van der Waals surface area contributed by atoms with Gasteiger partial charge in [0.2, 0.25) is 0 Å².